The van der Waals surface area contributed by atoms with Gasteiger partial charge in [0.05, 0.1) is 29.0 Å². The minimum absolute atomic E-state index is 0.00322. The Labute approximate surface area is 135 Å². The fourth-order valence-corrected chi connectivity index (χ4v) is 3.02. The summed E-state index contributed by atoms with van der Waals surface area (Å²) >= 11 is 0. The molecule has 3 rings (SSSR count). The molecule has 0 aliphatic carbocycles. The van der Waals surface area contributed by atoms with Crippen LogP contribution >= 0.6 is 0 Å². The van der Waals surface area contributed by atoms with Crippen molar-refractivity contribution in [1.82, 2.24) is 10.2 Å². The summed E-state index contributed by atoms with van der Waals surface area (Å²) in [4.78, 5) is 12.3. The molecule has 1 fully saturated rings. The molecule has 1 aromatic rings. The second-order valence-corrected chi connectivity index (χ2v) is 5.64. The molecule has 0 spiro atoms. The number of hydrogen-bond donors (Lipinski definition) is 1. The van der Waals surface area contributed by atoms with Gasteiger partial charge < -0.3 is 14.8 Å². The number of fused-ring (bicyclic) bond motifs is 1. The number of rotatable bonds is 4. The number of hydrogen-bond acceptors (Lipinski definition) is 6. The molecule has 10 heteroatoms. The molecule has 0 amide bonds. The van der Waals surface area contributed by atoms with Crippen molar-refractivity contribution in [2.75, 3.05) is 33.0 Å². The van der Waals surface area contributed by atoms with E-state index in [9.17, 15) is 23.3 Å². The quantitative estimate of drug-likeness (QED) is 0.665. The largest absolute Gasteiger partial charge is 0.454 e. The molecule has 2 aliphatic rings. The number of benzene rings is 1. The van der Waals surface area contributed by atoms with Crippen LogP contribution < -0.4 is 14.8 Å². The number of ether oxygens (including phenoxy) is 2. The van der Waals surface area contributed by atoms with Gasteiger partial charge in [-0.05, 0) is 6.07 Å². The molecule has 0 aromatic heterocycles. The number of piperazine rings is 1. The van der Waals surface area contributed by atoms with Crippen molar-refractivity contribution in [3.63, 3.8) is 0 Å². The smallest absolute Gasteiger partial charge is 0.390 e. The van der Waals surface area contributed by atoms with Gasteiger partial charge >= 0.3 is 6.18 Å². The van der Waals surface area contributed by atoms with Gasteiger partial charge in [-0.15, -0.1) is 0 Å². The lowest BCUT2D eigenvalue weighted by atomic mass is 9.98. The van der Waals surface area contributed by atoms with Crippen molar-refractivity contribution >= 4 is 5.69 Å². The van der Waals surface area contributed by atoms with Crippen LogP contribution in [0.25, 0.3) is 0 Å². The van der Waals surface area contributed by atoms with Crippen molar-refractivity contribution in [3.05, 3.63) is 27.8 Å². The summed E-state index contributed by atoms with van der Waals surface area (Å²) in [5.74, 6) is 0.412. The molecular formula is C14H16F3N3O4. The van der Waals surface area contributed by atoms with E-state index in [2.05, 4.69) is 5.32 Å². The molecule has 1 aromatic carbocycles. The van der Waals surface area contributed by atoms with Gasteiger partial charge in [0.15, 0.2) is 11.5 Å². The molecule has 0 radical (unpaired) electrons. The van der Waals surface area contributed by atoms with E-state index in [1.807, 2.05) is 0 Å². The fraction of sp³-hybridized carbons (Fsp3) is 0.571. The number of nitrogens with zero attached hydrogens (tertiary/aromatic N) is 2. The molecular weight excluding hydrogens is 331 g/mol. The Morgan fingerprint density at radius 3 is 2.46 bits per heavy atom. The zero-order valence-electron chi connectivity index (χ0n) is 12.6. The van der Waals surface area contributed by atoms with Crippen LogP contribution in [-0.4, -0.2) is 49.0 Å². The van der Waals surface area contributed by atoms with Gasteiger partial charge in [-0.25, -0.2) is 0 Å². The topological polar surface area (TPSA) is 76.9 Å². The second-order valence-electron chi connectivity index (χ2n) is 5.64. The van der Waals surface area contributed by atoms with Crippen LogP contribution in [0.5, 0.6) is 11.5 Å². The van der Waals surface area contributed by atoms with Gasteiger partial charge in [-0.3, -0.25) is 15.0 Å². The number of nitro benzene ring substituents is 1. The summed E-state index contributed by atoms with van der Waals surface area (Å²) in [5, 5.41) is 14.4. The summed E-state index contributed by atoms with van der Waals surface area (Å²) in [5.41, 5.74) is -0.379. The Balaban J connectivity index is 2.03. The van der Waals surface area contributed by atoms with E-state index < -0.39 is 23.6 Å². The second kappa shape index (κ2) is 6.44. The highest BCUT2D eigenvalue weighted by molar-refractivity contribution is 5.56. The lowest BCUT2D eigenvalue weighted by Crippen LogP contribution is -2.46. The third kappa shape index (κ3) is 3.54. The van der Waals surface area contributed by atoms with Crippen LogP contribution in [0.15, 0.2) is 12.1 Å². The van der Waals surface area contributed by atoms with Crippen molar-refractivity contribution < 1.29 is 27.6 Å². The first kappa shape index (κ1) is 16.8. The maximum atomic E-state index is 13.1. The number of nitrogens with one attached hydrogen (secondary N) is 1. The average Bonchev–Trinajstić information content (AvgIpc) is 2.98. The van der Waals surface area contributed by atoms with Gasteiger partial charge in [0, 0.05) is 26.2 Å². The normalized spacial score (nSPS) is 19.3. The minimum atomic E-state index is -4.44. The van der Waals surface area contributed by atoms with E-state index in [0.29, 0.717) is 26.2 Å². The van der Waals surface area contributed by atoms with Gasteiger partial charge in [0.2, 0.25) is 6.79 Å². The number of nitro groups is 1. The molecule has 2 aliphatic heterocycles. The number of halogens is 3. The Morgan fingerprint density at radius 1 is 1.25 bits per heavy atom. The minimum Gasteiger partial charge on any atom is -0.454 e. The lowest BCUT2D eigenvalue weighted by molar-refractivity contribution is -0.386. The monoisotopic (exact) mass is 347 g/mol. The molecule has 24 heavy (non-hydrogen) atoms. The van der Waals surface area contributed by atoms with Gasteiger partial charge in [-0.2, -0.15) is 13.2 Å². The summed E-state index contributed by atoms with van der Waals surface area (Å²) in [6.07, 6.45) is -5.60. The van der Waals surface area contributed by atoms with Crippen LogP contribution in [0.4, 0.5) is 18.9 Å². The maximum absolute atomic E-state index is 13.1. The van der Waals surface area contributed by atoms with E-state index in [1.165, 1.54) is 6.07 Å². The van der Waals surface area contributed by atoms with Gasteiger partial charge in [-0.1, -0.05) is 0 Å². The first-order valence-corrected chi connectivity index (χ1v) is 7.44. The predicted octanol–water partition coefficient (Wildman–Crippen LogP) is 2.22. The molecule has 132 valence electrons. The lowest BCUT2D eigenvalue weighted by Gasteiger charge is -2.35. The molecule has 0 bridgehead atoms. The average molecular weight is 347 g/mol. The Hall–Kier alpha value is -2.07. The van der Waals surface area contributed by atoms with Crippen LogP contribution in [0.1, 0.15) is 18.0 Å². The van der Waals surface area contributed by atoms with E-state index in [1.54, 1.807) is 4.90 Å². The standard InChI is InChI=1S/C14H16F3N3O4/c15-14(16,17)7-11(19-3-1-18-2-4-19)9-5-12-13(24-8-23-12)6-10(9)20(21)22/h5-6,11,18H,1-4,7-8H2/t11-/m1/s1. The Morgan fingerprint density at radius 2 is 1.88 bits per heavy atom. The number of alkyl halides is 3. The zero-order valence-corrected chi connectivity index (χ0v) is 12.6. The highest BCUT2D eigenvalue weighted by atomic mass is 19.4. The first-order valence-electron chi connectivity index (χ1n) is 7.44. The Kier molecular flexibility index (Phi) is 4.50. The van der Waals surface area contributed by atoms with Crippen molar-refractivity contribution in [2.45, 2.75) is 18.6 Å². The predicted molar refractivity (Wildman–Crippen MR) is 77.1 cm³/mol. The summed E-state index contributed by atoms with van der Waals surface area (Å²) in [6, 6.07) is 1.31. The summed E-state index contributed by atoms with van der Waals surface area (Å²) in [6.45, 7) is 1.73. The summed E-state index contributed by atoms with van der Waals surface area (Å²) < 4.78 is 49.5. The van der Waals surface area contributed by atoms with Crippen molar-refractivity contribution in [2.24, 2.45) is 0 Å². The molecule has 1 saturated heterocycles. The first-order chi connectivity index (χ1) is 11.3. The maximum Gasteiger partial charge on any atom is 0.390 e. The van der Waals surface area contributed by atoms with E-state index in [-0.39, 0.29) is 29.5 Å². The third-order valence-corrected chi connectivity index (χ3v) is 4.09. The Bertz CT molecular complexity index is 632. The van der Waals surface area contributed by atoms with Crippen LogP contribution in [0, 0.1) is 10.1 Å². The SMILES string of the molecule is O=[N+]([O-])c1cc2c(cc1[C@@H](CC(F)(F)F)N1CCNCC1)OCO2. The highest BCUT2D eigenvalue weighted by Crippen LogP contribution is 2.44. The van der Waals surface area contributed by atoms with E-state index in [4.69, 9.17) is 9.47 Å². The molecule has 0 saturated carbocycles. The third-order valence-electron chi connectivity index (χ3n) is 4.09. The zero-order chi connectivity index (χ0) is 17.3. The van der Waals surface area contributed by atoms with Crippen LogP contribution in [-0.2, 0) is 0 Å². The van der Waals surface area contributed by atoms with Gasteiger partial charge in [0.25, 0.3) is 5.69 Å². The van der Waals surface area contributed by atoms with Crippen molar-refractivity contribution in [1.29, 1.82) is 0 Å². The van der Waals surface area contributed by atoms with E-state index >= 15 is 0 Å². The fourth-order valence-electron chi connectivity index (χ4n) is 3.02. The molecule has 0 unspecified atom stereocenters. The molecule has 7 nitrogen and oxygen atoms in total. The molecule has 1 N–H and O–H groups in total. The van der Waals surface area contributed by atoms with Crippen LogP contribution in [0.2, 0.25) is 0 Å². The molecule has 2 heterocycles. The van der Waals surface area contributed by atoms with Crippen molar-refractivity contribution in [3.8, 4) is 11.5 Å². The summed E-state index contributed by atoms with van der Waals surface area (Å²) in [7, 11) is 0. The highest BCUT2D eigenvalue weighted by Gasteiger charge is 2.39. The molecule has 1 atom stereocenters. The van der Waals surface area contributed by atoms with Crippen LogP contribution in [0.3, 0.4) is 0 Å². The van der Waals surface area contributed by atoms with Gasteiger partial charge in [0.1, 0.15) is 0 Å². The van der Waals surface area contributed by atoms with E-state index in [0.717, 1.165) is 6.07 Å².